The first-order chi connectivity index (χ1) is 8.61. The van der Waals surface area contributed by atoms with Crippen molar-refractivity contribution in [1.29, 1.82) is 0 Å². The zero-order valence-corrected chi connectivity index (χ0v) is 11.0. The summed E-state index contributed by atoms with van der Waals surface area (Å²) in [5.41, 5.74) is 6.90. The molecule has 1 aromatic rings. The van der Waals surface area contributed by atoms with Crippen molar-refractivity contribution in [3.63, 3.8) is 0 Å². The maximum Gasteiger partial charge on any atom is 0.257 e. The van der Waals surface area contributed by atoms with Crippen LogP contribution in [-0.4, -0.2) is 31.0 Å². The van der Waals surface area contributed by atoms with Crippen LogP contribution in [0.3, 0.4) is 0 Å². The number of methoxy groups -OCH3 is 1. The first-order valence-corrected chi connectivity index (χ1v) is 6.34. The Balaban J connectivity index is 2.24. The molecule has 0 radical (unpaired) electrons. The first kappa shape index (κ1) is 12.7. The molecule has 0 unspecified atom stereocenters. The summed E-state index contributed by atoms with van der Waals surface area (Å²) in [6, 6.07) is 5.19. The van der Waals surface area contributed by atoms with Crippen LogP contribution in [0.4, 0.5) is 5.69 Å². The van der Waals surface area contributed by atoms with Crippen LogP contribution in [0, 0.1) is 5.92 Å². The zero-order valence-electron chi connectivity index (χ0n) is 11.0. The maximum absolute atomic E-state index is 12.5. The molecular weight excluding hydrogens is 228 g/mol. The van der Waals surface area contributed by atoms with E-state index in [0.29, 0.717) is 22.9 Å². The van der Waals surface area contributed by atoms with Crippen molar-refractivity contribution < 1.29 is 9.53 Å². The summed E-state index contributed by atoms with van der Waals surface area (Å²) < 4.78 is 5.24. The first-order valence-electron chi connectivity index (χ1n) is 6.34. The predicted octanol–water partition coefficient (Wildman–Crippen LogP) is 2.15. The molecule has 1 aliphatic heterocycles. The monoisotopic (exact) mass is 248 g/mol. The second kappa shape index (κ2) is 5.29. The molecule has 1 fully saturated rings. The van der Waals surface area contributed by atoms with Crippen molar-refractivity contribution in [2.75, 3.05) is 25.9 Å². The van der Waals surface area contributed by atoms with Gasteiger partial charge in [0, 0.05) is 18.8 Å². The van der Waals surface area contributed by atoms with Gasteiger partial charge in [-0.15, -0.1) is 0 Å². The molecule has 0 spiro atoms. The Morgan fingerprint density at radius 2 is 2.28 bits per heavy atom. The minimum Gasteiger partial charge on any atom is -0.496 e. The van der Waals surface area contributed by atoms with Gasteiger partial charge in [-0.25, -0.2) is 0 Å². The highest BCUT2D eigenvalue weighted by molar-refractivity contribution is 5.97. The fourth-order valence-corrected chi connectivity index (χ4v) is 2.44. The zero-order chi connectivity index (χ0) is 13.1. The summed E-state index contributed by atoms with van der Waals surface area (Å²) in [5.74, 6) is 1.17. The molecule has 4 nitrogen and oxygen atoms in total. The Bertz CT molecular complexity index is 445. The van der Waals surface area contributed by atoms with Crippen molar-refractivity contribution in [3.05, 3.63) is 23.8 Å². The van der Waals surface area contributed by atoms with Gasteiger partial charge in [-0.05, 0) is 37.0 Å². The number of likely N-dealkylation sites (tertiary alicyclic amines) is 1. The lowest BCUT2D eigenvalue weighted by molar-refractivity contribution is 0.0679. The molecule has 1 atom stereocenters. The van der Waals surface area contributed by atoms with Crippen LogP contribution in [-0.2, 0) is 0 Å². The van der Waals surface area contributed by atoms with Crippen LogP contribution in [0.2, 0.25) is 0 Å². The van der Waals surface area contributed by atoms with Gasteiger partial charge >= 0.3 is 0 Å². The van der Waals surface area contributed by atoms with E-state index in [-0.39, 0.29) is 5.91 Å². The quantitative estimate of drug-likeness (QED) is 0.816. The summed E-state index contributed by atoms with van der Waals surface area (Å²) in [5, 5.41) is 0. The third kappa shape index (κ3) is 2.58. The van der Waals surface area contributed by atoms with E-state index in [1.807, 2.05) is 4.90 Å². The third-order valence-electron chi connectivity index (χ3n) is 3.40. The minimum absolute atomic E-state index is 0.0192. The lowest BCUT2D eigenvalue weighted by atomic mass is 9.99. The summed E-state index contributed by atoms with van der Waals surface area (Å²) in [7, 11) is 1.57. The summed E-state index contributed by atoms with van der Waals surface area (Å²) in [4.78, 5) is 14.4. The number of rotatable bonds is 2. The van der Waals surface area contributed by atoms with Gasteiger partial charge in [-0.2, -0.15) is 0 Å². The summed E-state index contributed by atoms with van der Waals surface area (Å²) in [6.45, 7) is 3.81. The standard InChI is InChI=1S/C14H20N2O2/c1-10-4-3-7-16(9-10)14(17)12-8-11(15)5-6-13(12)18-2/h5-6,8,10H,3-4,7,9,15H2,1-2H3/t10-/m0/s1. The van der Waals surface area contributed by atoms with Crippen molar-refractivity contribution in [2.45, 2.75) is 19.8 Å². The SMILES string of the molecule is COc1ccc(N)cc1C(=O)N1CCC[C@H](C)C1. The van der Waals surface area contributed by atoms with E-state index >= 15 is 0 Å². The highest BCUT2D eigenvalue weighted by atomic mass is 16.5. The van der Waals surface area contributed by atoms with Crippen molar-refractivity contribution in [1.82, 2.24) is 4.90 Å². The second-order valence-corrected chi connectivity index (χ2v) is 4.96. The molecule has 2 N–H and O–H groups in total. The molecule has 1 amide bonds. The van der Waals surface area contributed by atoms with Crippen molar-refractivity contribution in [2.24, 2.45) is 5.92 Å². The minimum atomic E-state index is 0.0192. The Morgan fingerprint density at radius 1 is 1.50 bits per heavy atom. The Hall–Kier alpha value is -1.71. The number of carbonyl (C=O) groups is 1. The molecule has 0 aromatic heterocycles. The van der Waals surface area contributed by atoms with Gasteiger partial charge in [0.1, 0.15) is 5.75 Å². The number of nitrogens with two attached hydrogens (primary N) is 1. The van der Waals surface area contributed by atoms with E-state index in [1.165, 1.54) is 6.42 Å². The normalized spacial score (nSPS) is 19.7. The predicted molar refractivity (Wildman–Crippen MR) is 71.7 cm³/mol. The van der Waals surface area contributed by atoms with Gasteiger partial charge in [-0.3, -0.25) is 4.79 Å². The second-order valence-electron chi connectivity index (χ2n) is 4.96. The molecule has 0 bridgehead atoms. The molecule has 0 saturated carbocycles. The average Bonchev–Trinajstić information content (AvgIpc) is 2.38. The van der Waals surface area contributed by atoms with Crippen LogP contribution in [0.1, 0.15) is 30.1 Å². The lowest BCUT2D eigenvalue weighted by Crippen LogP contribution is -2.39. The molecule has 1 heterocycles. The van der Waals surface area contributed by atoms with Crippen LogP contribution < -0.4 is 10.5 Å². The number of piperidine rings is 1. The van der Waals surface area contributed by atoms with Crippen molar-refractivity contribution in [3.8, 4) is 5.75 Å². The van der Waals surface area contributed by atoms with Gasteiger partial charge in [0.05, 0.1) is 12.7 Å². The number of hydrogen-bond acceptors (Lipinski definition) is 3. The largest absolute Gasteiger partial charge is 0.496 e. The smallest absolute Gasteiger partial charge is 0.257 e. The van der Waals surface area contributed by atoms with E-state index in [9.17, 15) is 4.79 Å². The molecule has 1 saturated heterocycles. The molecular formula is C14H20N2O2. The average molecular weight is 248 g/mol. The maximum atomic E-state index is 12.5. The van der Waals surface area contributed by atoms with Crippen LogP contribution in [0.5, 0.6) is 5.75 Å². The number of ether oxygens (including phenoxy) is 1. The fraction of sp³-hybridized carbons (Fsp3) is 0.500. The number of hydrogen-bond donors (Lipinski definition) is 1. The molecule has 1 aliphatic rings. The highest BCUT2D eigenvalue weighted by Gasteiger charge is 2.24. The molecule has 1 aromatic carbocycles. The van der Waals surface area contributed by atoms with Gasteiger partial charge in [0.2, 0.25) is 0 Å². The Kier molecular flexibility index (Phi) is 3.75. The number of anilines is 1. The number of amides is 1. The number of nitrogen functional groups attached to an aromatic ring is 1. The fourth-order valence-electron chi connectivity index (χ4n) is 2.44. The Morgan fingerprint density at radius 3 is 2.94 bits per heavy atom. The molecule has 98 valence electrons. The van der Waals surface area contributed by atoms with Gasteiger partial charge in [0.15, 0.2) is 0 Å². The number of benzene rings is 1. The topological polar surface area (TPSA) is 55.6 Å². The van der Waals surface area contributed by atoms with E-state index in [0.717, 1.165) is 19.5 Å². The lowest BCUT2D eigenvalue weighted by Gasteiger charge is -2.31. The van der Waals surface area contributed by atoms with E-state index in [4.69, 9.17) is 10.5 Å². The van der Waals surface area contributed by atoms with Gasteiger partial charge < -0.3 is 15.4 Å². The highest BCUT2D eigenvalue weighted by Crippen LogP contribution is 2.25. The molecule has 18 heavy (non-hydrogen) atoms. The van der Waals surface area contributed by atoms with Gasteiger partial charge in [-0.1, -0.05) is 6.92 Å². The van der Waals surface area contributed by atoms with Crippen LogP contribution in [0.25, 0.3) is 0 Å². The number of carbonyl (C=O) groups excluding carboxylic acids is 1. The van der Waals surface area contributed by atoms with Gasteiger partial charge in [0.25, 0.3) is 5.91 Å². The van der Waals surface area contributed by atoms with E-state index in [1.54, 1.807) is 25.3 Å². The number of nitrogens with zero attached hydrogens (tertiary/aromatic N) is 1. The van der Waals surface area contributed by atoms with Crippen LogP contribution in [0.15, 0.2) is 18.2 Å². The van der Waals surface area contributed by atoms with E-state index < -0.39 is 0 Å². The molecule has 0 aliphatic carbocycles. The molecule has 4 heteroatoms. The van der Waals surface area contributed by atoms with Crippen molar-refractivity contribution >= 4 is 11.6 Å². The Labute approximate surface area is 108 Å². The summed E-state index contributed by atoms with van der Waals surface area (Å²) in [6.07, 6.45) is 2.26. The molecule has 2 rings (SSSR count). The van der Waals surface area contributed by atoms with Crippen LogP contribution >= 0.6 is 0 Å². The van der Waals surface area contributed by atoms with E-state index in [2.05, 4.69) is 6.92 Å². The summed E-state index contributed by atoms with van der Waals surface area (Å²) >= 11 is 0. The third-order valence-corrected chi connectivity index (χ3v) is 3.40.